The van der Waals surface area contributed by atoms with E-state index in [1.165, 1.54) is 0 Å². The summed E-state index contributed by atoms with van der Waals surface area (Å²) in [5.41, 5.74) is 2.68. The Balaban J connectivity index is 2.46. The number of hydrogen-bond acceptors (Lipinski definition) is 3. The van der Waals surface area contributed by atoms with Crippen LogP contribution in [-0.2, 0) is 16.5 Å². The molecule has 0 aromatic heterocycles. The summed E-state index contributed by atoms with van der Waals surface area (Å²) in [4.78, 5) is 0.167. The molecule has 0 atom stereocenters. The maximum atomic E-state index is 12.6. The Morgan fingerprint density at radius 2 is 1.78 bits per heavy atom. The molecule has 0 radical (unpaired) electrons. The van der Waals surface area contributed by atoms with Gasteiger partial charge in [0, 0.05) is 5.56 Å². The fraction of sp³-hybridized carbons (Fsp3) is 0.263. The molecule has 0 saturated carbocycles. The number of para-hydroxylation sites is 1. The van der Waals surface area contributed by atoms with Crippen LogP contribution in [0.3, 0.4) is 0 Å². The molecular weight excluding hydrogens is 308 g/mol. The summed E-state index contributed by atoms with van der Waals surface area (Å²) >= 11 is 0. The molecule has 23 heavy (non-hydrogen) atoms. The largest absolute Gasteiger partial charge is 0.378 e. The summed E-state index contributed by atoms with van der Waals surface area (Å²) < 4.78 is 30.7. The zero-order chi connectivity index (χ0) is 16.9. The van der Waals surface area contributed by atoms with Crippen LogP contribution in [0, 0.1) is 6.92 Å². The molecule has 3 nitrogen and oxygen atoms in total. The van der Waals surface area contributed by atoms with Gasteiger partial charge >= 0.3 is 10.1 Å². The minimum absolute atomic E-state index is 0.167. The maximum absolute atomic E-state index is 12.6. The van der Waals surface area contributed by atoms with Crippen LogP contribution in [0.2, 0.25) is 0 Å². The van der Waals surface area contributed by atoms with Gasteiger partial charge in [0.15, 0.2) is 5.75 Å². The predicted molar refractivity (Wildman–Crippen MR) is 94.1 cm³/mol. The van der Waals surface area contributed by atoms with Gasteiger partial charge in [0.05, 0.1) is 0 Å². The van der Waals surface area contributed by atoms with Crippen LogP contribution in [0.4, 0.5) is 0 Å². The van der Waals surface area contributed by atoms with Gasteiger partial charge in [-0.3, -0.25) is 0 Å². The topological polar surface area (TPSA) is 43.4 Å². The number of rotatable bonds is 6. The monoisotopic (exact) mass is 330 g/mol. The van der Waals surface area contributed by atoms with E-state index in [0.717, 1.165) is 29.5 Å². The summed E-state index contributed by atoms with van der Waals surface area (Å²) in [6.45, 7) is 5.86. The van der Waals surface area contributed by atoms with Gasteiger partial charge in [-0.25, -0.2) is 0 Å². The fourth-order valence-corrected chi connectivity index (χ4v) is 3.33. The Kier molecular flexibility index (Phi) is 5.61. The van der Waals surface area contributed by atoms with Gasteiger partial charge in [-0.1, -0.05) is 61.4 Å². The van der Waals surface area contributed by atoms with Crippen molar-refractivity contribution in [3.63, 3.8) is 0 Å². The van der Waals surface area contributed by atoms with Crippen LogP contribution in [-0.4, -0.2) is 8.42 Å². The van der Waals surface area contributed by atoms with E-state index in [1.807, 2.05) is 44.2 Å². The van der Waals surface area contributed by atoms with Crippen molar-refractivity contribution in [1.29, 1.82) is 0 Å². The van der Waals surface area contributed by atoms with Gasteiger partial charge < -0.3 is 4.18 Å². The molecular formula is C19H22O3S. The number of benzene rings is 2. The van der Waals surface area contributed by atoms with E-state index in [9.17, 15) is 8.42 Å². The van der Waals surface area contributed by atoms with Crippen LogP contribution in [0.25, 0.3) is 6.08 Å². The molecule has 0 aliphatic rings. The average Bonchev–Trinajstić information content (AvgIpc) is 2.51. The fourth-order valence-electron chi connectivity index (χ4n) is 2.35. The minimum atomic E-state index is -3.85. The van der Waals surface area contributed by atoms with E-state index in [1.54, 1.807) is 24.3 Å². The average molecular weight is 330 g/mol. The molecule has 0 aliphatic carbocycles. The summed E-state index contributed by atoms with van der Waals surface area (Å²) in [6.07, 6.45) is 5.42. The van der Waals surface area contributed by atoms with Crippen molar-refractivity contribution in [2.75, 3.05) is 0 Å². The lowest BCUT2D eigenvalue weighted by Gasteiger charge is -2.14. The van der Waals surface area contributed by atoms with E-state index in [2.05, 4.69) is 6.92 Å². The first-order valence-electron chi connectivity index (χ1n) is 7.73. The second-order valence-corrected chi connectivity index (χ2v) is 6.98. The third-order valence-corrected chi connectivity index (χ3v) is 4.73. The van der Waals surface area contributed by atoms with E-state index in [4.69, 9.17) is 4.18 Å². The molecule has 4 heteroatoms. The molecule has 0 fully saturated rings. The Labute approximate surface area is 138 Å². The van der Waals surface area contributed by atoms with Crippen molar-refractivity contribution in [2.45, 2.75) is 38.5 Å². The maximum Gasteiger partial charge on any atom is 0.339 e. The molecule has 122 valence electrons. The Hall–Kier alpha value is -2.07. The number of aryl methyl sites for hydroxylation is 2. The zero-order valence-corrected chi connectivity index (χ0v) is 14.6. The molecule has 2 aromatic rings. The SMILES string of the molecule is CC=Cc1cccc(CCC)c1OS(=O)(=O)c1ccc(C)cc1. The number of allylic oxidation sites excluding steroid dienone is 1. The van der Waals surface area contributed by atoms with Crippen molar-refractivity contribution in [3.05, 3.63) is 65.2 Å². The zero-order valence-electron chi connectivity index (χ0n) is 13.7. The van der Waals surface area contributed by atoms with Crippen molar-refractivity contribution >= 4 is 16.2 Å². The van der Waals surface area contributed by atoms with Crippen molar-refractivity contribution in [3.8, 4) is 5.75 Å². The highest BCUT2D eigenvalue weighted by Crippen LogP contribution is 2.30. The van der Waals surface area contributed by atoms with Gasteiger partial charge in [-0.15, -0.1) is 0 Å². The Morgan fingerprint density at radius 1 is 1.09 bits per heavy atom. The molecule has 2 rings (SSSR count). The Morgan fingerprint density at radius 3 is 2.39 bits per heavy atom. The van der Waals surface area contributed by atoms with Crippen LogP contribution in [0.15, 0.2) is 53.4 Å². The Bertz CT molecular complexity index is 788. The molecule has 2 aromatic carbocycles. The first-order chi connectivity index (χ1) is 11.0. The molecule has 0 heterocycles. The number of hydrogen-bond donors (Lipinski definition) is 0. The van der Waals surface area contributed by atoms with E-state index in [0.29, 0.717) is 5.75 Å². The van der Waals surface area contributed by atoms with E-state index < -0.39 is 10.1 Å². The van der Waals surface area contributed by atoms with Gasteiger partial charge in [0.2, 0.25) is 0 Å². The van der Waals surface area contributed by atoms with Crippen LogP contribution < -0.4 is 4.18 Å². The highest BCUT2D eigenvalue weighted by molar-refractivity contribution is 7.87. The summed E-state index contributed by atoms with van der Waals surface area (Å²) in [5, 5.41) is 0. The first kappa shape index (κ1) is 17.3. The van der Waals surface area contributed by atoms with Crippen LogP contribution in [0.5, 0.6) is 5.75 Å². The van der Waals surface area contributed by atoms with Gasteiger partial charge in [0.1, 0.15) is 4.90 Å². The summed E-state index contributed by atoms with van der Waals surface area (Å²) in [5.74, 6) is 0.424. The molecule has 0 unspecified atom stereocenters. The van der Waals surface area contributed by atoms with Crippen LogP contribution in [0.1, 0.15) is 37.0 Å². The minimum Gasteiger partial charge on any atom is -0.378 e. The summed E-state index contributed by atoms with van der Waals surface area (Å²) in [6, 6.07) is 12.4. The van der Waals surface area contributed by atoms with Crippen molar-refractivity contribution < 1.29 is 12.6 Å². The molecule has 0 bridgehead atoms. The standard InChI is InChI=1S/C19H22O3S/c1-4-7-16-9-6-10-17(8-5-2)19(16)22-23(20,21)18-13-11-15(3)12-14-18/h4,6-7,9-14H,5,8H2,1-3H3. The highest BCUT2D eigenvalue weighted by atomic mass is 32.2. The first-order valence-corrected chi connectivity index (χ1v) is 9.14. The molecule has 0 N–H and O–H groups in total. The predicted octanol–water partition coefficient (Wildman–Crippen LogP) is 4.75. The molecule has 0 aliphatic heterocycles. The second kappa shape index (κ2) is 7.47. The lowest BCUT2D eigenvalue weighted by Crippen LogP contribution is -2.12. The third-order valence-electron chi connectivity index (χ3n) is 3.50. The molecule has 0 amide bonds. The smallest absolute Gasteiger partial charge is 0.339 e. The van der Waals surface area contributed by atoms with Gasteiger partial charge in [0.25, 0.3) is 0 Å². The highest BCUT2D eigenvalue weighted by Gasteiger charge is 2.20. The van der Waals surface area contributed by atoms with Gasteiger partial charge in [-0.05, 0) is 38.0 Å². The van der Waals surface area contributed by atoms with E-state index >= 15 is 0 Å². The summed E-state index contributed by atoms with van der Waals surface area (Å²) in [7, 11) is -3.85. The lowest BCUT2D eigenvalue weighted by atomic mass is 10.0. The van der Waals surface area contributed by atoms with Crippen molar-refractivity contribution in [2.24, 2.45) is 0 Å². The molecule has 0 spiro atoms. The van der Waals surface area contributed by atoms with Crippen LogP contribution >= 0.6 is 0 Å². The quantitative estimate of drug-likeness (QED) is 0.718. The lowest BCUT2D eigenvalue weighted by molar-refractivity contribution is 0.482. The normalized spacial score (nSPS) is 11.8. The van der Waals surface area contributed by atoms with Gasteiger partial charge in [-0.2, -0.15) is 8.42 Å². The third kappa shape index (κ3) is 4.23. The van der Waals surface area contributed by atoms with E-state index in [-0.39, 0.29) is 4.90 Å². The van der Waals surface area contributed by atoms with Crippen molar-refractivity contribution in [1.82, 2.24) is 0 Å². The second-order valence-electron chi connectivity index (χ2n) is 5.44. The molecule has 0 saturated heterocycles.